The summed E-state index contributed by atoms with van der Waals surface area (Å²) in [6.07, 6.45) is 3.77. The van der Waals surface area contributed by atoms with Gasteiger partial charge in [-0.2, -0.15) is 5.11 Å². The Kier molecular flexibility index (Phi) is 7.45. The lowest BCUT2D eigenvalue weighted by molar-refractivity contribution is -0.105. The number of benzene rings is 2. The minimum Gasteiger partial charge on any atom is -0.391 e. The van der Waals surface area contributed by atoms with Crippen molar-refractivity contribution in [3.63, 3.8) is 0 Å². The zero-order valence-corrected chi connectivity index (χ0v) is 17.5. The molecule has 1 fully saturated rings. The van der Waals surface area contributed by atoms with Crippen molar-refractivity contribution in [2.75, 3.05) is 23.7 Å². The van der Waals surface area contributed by atoms with Crippen LogP contribution in [0.4, 0.5) is 15.8 Å². The highest BCUT2D eigenvalue weighted by Crippen LogP contribution is 2.23. The van der Waals surface area contributed by atoms with Gasteiger partial charge < -0.3 is 20.6 Å². The van der Waals surface area contributed by atoms with Gasteiger partial charge in [0.25, 0.3) is 5.91 Å². The highest BCUT2D eigenvalue weighted by molar-refractivity contribution is 5.94. The van der Waals surface area contributed by atoms with Crippen LogP contribution in [0.5, 0.6) is 0 Å². The Morgan fingerprint density at radius 1 is 1.25 bits per heavy atom. The van der Waals surface area contributed by atoms with Crippen molar-refractivity contribution in [2.24, 2.45) is 5.11 Å². The molecule has 2 aromatic rings. The standard InChI is InChI=1S/C23H24FN5O3/c1-15(10-17-11-18(24)4-7-21(17)27-14-30)22(28-25)12-26-19-5-2-16(3-6-19)23(32)29-9-8-20(31)13-29/h2-7,10-12,14,20,25-26,31H,8-9,13H2,1H3,(H,27,30)/b15-10+,22-12-,28-25?/t20-/m0/s1. The number of carbonyl (C=O) groups is 2. The van der Waals surface area contributed by atoms with E-state index in [0.717, 1.165) is 0 Å². The molecule has 9 heteroatoms. The van der Waals surface area contributed by atoms with Crippen LogP contribution < -0.4 is 10.6 Å². The number of anilines is 2. The van der Waals surface area contributed by atoms with Crippen molar-refractivity contribution in [3.8, 4) is 0 Å². The lowest BCUT2D eigenvalue weighted by Gasteiger charge is -2.15. The van der Waals surface area contributed by atoms with Gasteiger partial charge in [0, 0.05) is 41.8 Å². The van der Waals surface area contributed by atoms with Crippen molar-refractivity contribution in [3.05, 3.63) is 76.9 Å². The maximum Gasteiger partial charge on any atom is 0.253 e. The second-order valence-electron chi connectivity index (χ2n) is 7.38. The van der Waals surface area contributed by atoms with Gasteiger partial charge >= 0.3 is 0 Å². The first kappa shape index (κ1) is 22.8. The predicted octanol–water partition coefficient (Wildman–Crippen LogP) is 3.99. The molecule has 4 N–H and O–H groups in total. The molecule has 0 aromatic heterocycles. The van der Waals surface area contributed by atoms with Gasteiger partial charge in [0.1, 0.15) is 11.5 Å². The van der Waals surface area contributed by atoms with Crippen LogP contribution in [-0.4, -0.2) is 41.5 Å². The summed E-state index contributed by atoms with van der Waals surface area (Å²) in [5.41, 5.74) is 10.4. The number of β-amino-alcohol motifs (C(OH)–C–C–N with tert-alkyl or cyclic N) is 1. The minimum absolute atomic E-state index is 0.126. The molecular weight excluding hydrogens is 413 g/mol. The average Bonchev–Trinajstić information content (AvgIpc) is 3.22. The third kappa shape index (κ3) is 5.64. The number of amides is 2. The molecule has 0 spiro atoms. The van der Waals surface area contributed by atoms with Gasteiger partial charge in [0.2, 0.25) is 6.41 Å². The summed E-state index contributed by atoms with van der Waals surface area (Å²) in [6.45, 7) is 2.60. The lowest BCUT2D eigenvalue weighted by atomic mass is 10.1. The highest BCUT2D eigenvalue weighted by Gasteiger charge is 2.25. The predicted molar refractivity (Wildman–Crippen MR) is 120 cm³/mol. The number of nitrogens with one attached hydrogen (secondary N) is 3. The number of hydrogen-bond donors (Lipinski definition) is 4. The van der Waals surface area contributed by atoms with E-state index < -0.39 is 11.9 Å². The van der Waals surface area contributed by atoms with Gasteiger partial charge in [-0.1, -0.05) is 0 Å². The topological polar surface area (TPSA) is 118 Å². The number of rotatable bonds is 8. The summed E-state index contributed by atoms with van der Waals surface area (Å²) < 4.78 is 13.6. The largest absolute Gasteiger partial charge is 0.391 e. The molecule has 1 aliphatic rings. The number of aliphatic hydroxyl groups excluding tert-OH is 1. The number of hydrogen-bond acceptors (Lipinski definition) is 6. The lowest BCUT2D eigenvalue weighted by Crippen LogP contribution is -2.29. The Hall–Kier alpha value is -3.85. The third-order valence-electron chi connectivity index (χ3n) is 5.08. The number of likely N-dealkylation sites (tertiary alicyclic amines) is 1. The number of aliphatic hydroxyl groups is 1. The van der Waals surface area contributed by atoms with Crippen LogP contribution in [0.15, 0.2) is 65.0 Å². The molecule has 1 aliphatic heterocycles. The van der Waals surface area contributed by atoms with Gasteiger partial charge in [-0.15, -0.1) is 0 Å². The van der Waals surface area contributed by atoms with E-state index in [4.69, 9.17) is 5.53 Å². The minimum atomic E-state index is -0.467. The molecule has 3 rings (SSSR count). The molecule has 8 nitrogen and oxygen atoms in total. The van der Waals surface area contributed by atoms with E-state index in [-0.39, 0.29) is 5.91 Å². The second-order valence-corrected chi connectivity index (χ2v) is 7.38. The van der Waals surface area contributed by atoms with Crippen LogP contribution in [0.2, 0.25) is 0 Å². The van der Waals surface area contributed by atoms with E-state index in [2.05, 4.69) is 15.7 Å². The van der Waals surface area contributed by atoms with Crippen molar-refractivity contribution in [1.82, 2.24) is 4.90 Å². The fraction of sp³-hybridized carbons (Fsp3) is 0.217. The maximum absolute atomic E-state index is 13.6. The Balaban J connectivity index is 1.72. The van der Waals surface area contributed by atoms with Crippen LogP contribution in [0.3, 0.4) is 0 Å². The SMILES string of the molecule is CC(=C\c1cc(F)ccc1NC=O)/C(=C/Nc1ccc(C(=O)N2CC[C@H](O)C2)cc1)N=N. The van der Waals surface area contributed by atoms with Crippen LogP contribution in [0.25, 0.3) is 6.08 Å². The first-order valence-corrected chi connectivity index (χ1v) is 10.0. The van der Waals surface area contributed by atoms with Gasteiger partial charge in [0.05, 0.1) is 6.10 Å². The zero-order chi connectivity index (χ0) is 23.1. The molecule has 0 bridgehead atoms. The molecular formula is C23H24FN5O3. The van der Waals surface area contributed by atoms with Gasteiger partial charge in [-0.3, -0.25) is 9.59 Å². The van der Waals surface area contributed by atoms with Crippen molar-refractivity contribution < 1.29 is 19.1 Å². The molecule has 2 amide bonds. The van der Waals surface area contributed by atoms with Gasteiger partial charge in [-0.05, 0) is 67.5 Å². The van der Waals surface area contributed by atoms with E-state index >= 15 is 0 Å². The normalized spacial score (nSPS) is 16.6. The number of halogens is 1. The Morgan fingerprint density at radius 2 is 2.00 bits per heavy atom. The van der Waals surface area contributed by atoms with Crippen molar-refractivity contribution in [1.29, 1.82) is 5.53 Å². The smallest absolute Gasteiger partial charge is 0.253 e. The number of nitrogens with zero attached hydrogens (tertiary/aromatic N) is 2. The maximum atomic E-state index is 13.6. The van der Waals surface area contributed by atoms with E-state index in [1.54, 1.807) is 42.2 Å². The molecule has 32 heavy (non-hydrogen) atoms. The van der Waals surface area contributed by atoms with Crippen molar-refractivity contribution in [2.45, 2.75) is 19.4 Å². The molecule has 1 heterocycles. The average molecular weight is 437 g/mol. The van der Waals surface area contributed by atoms with E-state index in [1.165, 1.54) is 24.4 Å². The third-order valence-corrected chi connectivity index (χ3v) is 5.08. The monoisotopic (exact) mass is 437 g/mol. The van der Waals surface area contributed by atoms with Crippen LogP contribution in [0, 0.1) is 11.3 Å². The fourth-order valence-corrected chi connectivity index (χ4v) is 3.36. The van der Waals surface area contributed by atoms with E-state index in [1.807, 2.05) is 0 Å². The molecule has 1 atom stereocenters. The summed E-state index contributed by atoms with van der Waals surface area (Å²) in [7, 11) is 0. The van der Waals surface area contributed by atoms with Gasteiger partial charge in [-0.25, -0.2) is 9.92 Å². The highest BCUT2D eigenvalue weighted by atomic mass is 19.1. The van der Waals surface area contributed by atoms with Crippen LogP contribution in [-0.2, 0) is 4.79 Å². The summed E-state index contributed by atoms with van der Waals surface area (Å²) in [6, 6.07) is 10.8. The first-order valence-electron chi connectivity index (χ1n) is 10.0. The van der Waals surface area contributed by atoms with Crippen molar-refractivity contribution >= 4 is 29.8 Å². The summed E-state index contributed by atoms with van der Waals surface area (Å²) in [4.78, 5) is 24.9. The summed E-state index contributed by atoms with van der Waals surface area (Å²) in [5, 5.41) is 18.7. The first-order chi connectivity index (χ1) is 15.4. The van der Waals surface area contributed by atoms with Gasteiger partial charge in [0.15, 0.2) is 0 Å². The second kappa shape index (κ2) is 10.5. The molecule has 0 saturated carbocycles. The molecule has 0 radical (unpaired) electrons. The summed E-state index contributed by atoms with van der Waals surface area (Å²) in [5.74, 6) is -0.579. The molecule has 1 saturated heterocycles. The van der Waals surface area contributed by atoms with Crippen LogP contribution >= 0.6 is 0 Å². The fourth-order valence-electron chi connectivity index (χ4n) is 3.36. The van der Waals surface area contributed by atoms with Crippen LogP contribution in [0.1, 0.15) is 29.3 Å². The van der Waals surface area contributed by atoms with E-state index in [0.29, 0.717) is 59.7 Å². The molecule has 166 valence electrons. The van der Waals surface area contributed by atoms with E-state index in [9.17, 15) is 19.1 Å². The Morgan fingerprint density at radius 3 is 2.62 bits per heavy atom. The quantitative estimate of drug-likeness (QED) is 0.284. The number of carbonyl (C=O) groups excluding carboxylic acids is 2. The summed E-state index contributed by atoms with van der Waals surface area (Å²) >= 11 is 0. The molecule has 0 aliphatic carbocycles. The Bertz CT molecular complexity index is 1070. The molecule has 0 unspecified atom stereocenters. The molecule has 2 aromatic carbocycles. The Labute approximate surface area is 184 Å². The number of allylic oxidation sites excluding steroid dienone is 1. The zero-order valence-electron chi connectivity index (χ0n) is 17.5.